The number of nitrogens with zero attached hydrogens (tertiary/aromatic N) is 1. The van der Waals surface area contributed by atoms with Gasteiger partial charge in [-0.3, -0.25) is 14.5 Å². The van der Waals surface area contributed by atoms with Crippen molar-refractivity contribution in [1.82, 2.24) is 5.32 Å². The summed E-state index contributed by atoms with van der Waals surface area (Å²) < 4.78 is 0. The van der Waals surface area contributed by atoms with Crippen LogP contribution in [0.5, 0.6) is 0 Å². The van der Waals surface area contributed by atoms with Gasteiger partial charge in [-0.05, 0) is 30.2 Å². The minimum absolute atomic E-state index is 0.219. The molecule has 3 rings (SSSR count). The normalized spacial score (nSPS) is 11.5. The molecule has 1 unspecified atom stereocenters. The van der Waals surface area contributed by atoms with Gasteiger partial charge in [0.2, 0.25) is 11.8 Å². The lowest BCUT2D eigenvalue weighted by Crippen LogP contribution is -2.44. The third-order valence-corrected chi connectivity index (χ3v) is 4.86. The monoisotopic (exact) mass is 406 g/mol. The maximum Gasteiger partial charge on any atom is 0.248 e. The molecule has 0 heterocycles. The molecule has 148 valence electrons. The lowest BCUT2D eigenvalue weighted by atomic mass is 10.0. The Kier molecular flexibility index (Phi) is 7.04. The second-order valence-electron chi connectivity index (χ2n) is 6.75. The van der Waals surface area contributed by atoms with Gasteiger partial charge in [0.05, 0.1) is 0 Å². The summed E-state index contributed by atoms with van der Waals surface area (Å²) in [6.07, 6.45) is 0. The van der Waals surface area contributed by atoms with Gasteiger partial charge in [-0.2, -0.15) is 0 Å². The molecule has 0 aromatic heterocycles. The van der Waals surface area contributed by atoms with Crippen molar-refractivity contribution in [3.8, 4) is 0 Å². The van der Waals surface area contributed by atoms with E-state index in [0.29, 0.717) is 12.2 Å². The SMILES string of the molecule is Cc1ccc(N(C(=O)CCl)C(C(=O)NCc2ccccc2)c2ccccc2)cc1. The van der Waals surface area contributed by atoms with E-state index in [2.05, 4.69) is 5.32 Å². The number of aryl methyl sites for hydroxylation is 1. The molecule has 1 atom stereocenters. The van der Waals surface area contributed by atoms with Crippen LogP contribution in [0.1, 0.15) is 22.7 Å². The Morgan fingerprint density at radius 2 is 1.48 bits per heavy atom. The largest absolute Gasteiger partial charge is 0.350 e. The van der Waals surface area contributed by atoms with E-state index in [-0.39, 0.29) is 17.7 Å². The average molecular weight is 407 g/mol. The van der Waals surface area contributed by atoms with Gasteiger partial charge in [0.25, 0.3) is 0 Å². The number of alkyl halides is 1. The number of carbonyl (C=O) groups is 2. The summed E-state index contributed by atoms with van der Waals surface area (Å²) in [7, 11) is 0. The summed E-state index contributed by atoms with van der Waals surface area (Å²) in [6, 6.07) is 25.6. The molecule has 3 aromatic carbocycles. The van der Waals surface area contributed by atoms with Crippen molar-refractivity contribution in [3.63, 3.8) is 0 Å². The zero-order chi connectivity index (χ0) is 20.6. The van der Waals surface area contributed by atoms with Crippen molar-refractivity contribution in [3.05, 3.63) is 102 Å². The maximum absolute atomic E-state index is 13.3. The standard InChI is InChI=1S/C24H23ClN2O2/c1-18-12-14-21(15-13-18)27(22(28)16-25)23(20-10-6-3-7-11-20)24(29)26-17-19-8-4-2-5-9-19/h2-15,23H,16-17H2,1H3,(H,26,29). The number of carbonyl (C=O) groups excluding carboxylic acids is 2. The molecule has 3 aromatic rings. The van der Waals surface area contributed by atoms with Crippen LogP contribution in [0.2, 0.25) is 0 Å². The minimum Gasteiger partial charge on any atom is -0.350 e. The first-order valence-corrected chi connectivity index (χ1v) is 9.95. The van der Waals surface area contributed by atoms with E-state index >= 15 is 0 Å². The van der Waals surface area contributed by atoms with E-state index in [1.165, 1.54) is 4.90 Å². The van der Waals surface area contributed by atoms with Crippen molar-refractivity contribution in [2.24, 2.45) is 0 Å². The smallest absolute Gasteiger partial charge is 0.248 e. The number of halogens is 1. The maximum atomic E-state index is 13.3. The number of amides is 2. The summed E-state index contributed by atoms with van der Waals surface area (Å²) in [4.78, 5) is 27.6. The summed E-state index contributed by atoms with van der Waals surface area (Å²) in [5.41, 5.74) is 3.40. The van der Waals surface area contributed by atoms with E-state index in [1.54, 1.807) is 0 Å². The lowest BCUT2D eigenvalue weighted by Gasteiger charge is -2.31. The molecular formula is C24H23ClN2O2. The molecule has 29 heavy (non-hydrogen) atoms. The summed E-state index contributed by atoms with van der Waals surface area (Å²) >= 11 is 5.91. The zero-order valence-electron chi connectivity index (χ0n) is 16.2. The minimum atomic E-state index is -0.825. The molecule has 1 N–H and O–H groups in total. The Morgan fingerprint density at radius 1 is 0.897 bits per heavy atom. The molecule has 2 amide bonds. The Balaban J connectivity index is 1.97. The highest BCUT2D eigenvalue weighted by Gasteiger charge is 2.32. The quantitative estimate of drug-likeness (QED) is 0.582. The third-order valence-electron chi connectivity index (χ3n) is 4.63. The molecule has 0 fully saturated rings. The first-order valence-electron chi connectivity index (χ1n) is 9.41. The van der Waals surface area contributed by atoms with Gasteiger partial charge in [0, 0.05) is 12.2 Å². The highest BCUT2D eigenvalue weighted by molar-refractivity contribution is 6.29. The Hall–Kier alpha value is -3.11. The first-order chi connectivity index (χ1) is 14.1. The van der Waals surface area contributed by atoms with Gasteiger partial charge in [-0.1, -0.05) is 78.4 Å². The van der Waals surface area contributed by atoms with Gasteiger partial charge in [-0.15, -0.1) is 11.6 Å². The van der Waals surface area contributed by atoms with Crippen LogP contribution >= 0.6 is 11.6 Å². The molecule has 0 saturated heterocycles. The number of anilines is 1. The fourth-order valence-electron chi connectivity index (χ4n) is 3.14. The van der Waals surface area contributed by atoms with Gasteiger partial charge in [0.15, 0.2) is 0 Å². The van der Waals surface area contributed by atoms with Crippen LogP contribution in [-0.4, -0.2) is 17.7 Å². The highest BCUT2D eigenvalue weighted by atomic mass is 35.5. The molecule has 0 aliphatic rings. The van der Waals surface area contributed by atoms with E-state index in [4.69, 9.17) is 11.6 Å². The molecule has 0 bridgehead atoms. The average Bonchev–Trinajstić information content (AvgIpc) is 2.77. The molecule has 0 spiro atoms. The molecule has 5 heteroatoms. The predicted molar refractivity (Wildman–Crippen MR) is 117 cm³/mol. The number of hydrogen-bond donors (Lipinski definition) is 1. The van der Waals surface area contributed by atoms with E-state index in [9.17, 15) is 9.59 Å². The molecule has 4 nitrogen and oxygen atoms in total. The Labute approximate surface area is 176 Å². The second-order valence-corrected chi connectivity index (χ2v) is 7.02. The number of hydrogen-bond acceptors (Lipinski definition) is 2. The van der Waals surface area contributed by atoms with Gasteiger partial charge >= 0.3 is 0 Å². The number of rotatable bonds is 7. The van der Waals surface area contributed by atoms with Crippen LogP contribution in [0.25, 0.3) is 0 Å². The number of nitrogens with one attached hydrogen (secondary N) is 1. The molecule has 0 aliphatic carbocycles. The van der Waals surface area contributed by atoms with Crippen LogP contribution in [0.3, 0.4) is 0 Å². The van der Waals surface area contributed by atoms with E-state index in [1.807, 2.05) is 91.9 Å². The van der Waals surface area contributed by atoms with Crippen LogP contribution in [0.15, 0.2) is 84.9 Å². The number of benzene rings is 3. The highest BCUT2D eigenvalue weighted by Crippen LogP contribution is 2.28. The molecular weight excluding hydrogens is 384 g/mol. The topological polar surface area (TPSA) is 49.4 Å². The summed E-state index contributed by atoms with van der Waals surface area (Å²) in [6.45, 7) is 2.35. The fourth-order valence-corrected chi connectivity index (χ4v) is 3.27. The Morgan fingerprint density at radius 3 is 2.07 bits per heavy atom. The van der Waals surface area contributed by atoms with E-state index in [0.717, 1.165) is 16.7 Å². The predicted octanol–water partition coefficient (Wildman–Crippen LogP) is 4.62. The molecule has 0 aliphatic heterocycles. The van der Waals surface area contributed by atoms with Gasteiger partial charge < -0.3 is 5.32 Å². The van der Waals surface area contributed by atoms with Crippen LogP contribution in [-0.2, 0) is 16.1 Å². The lowest BCUT2D eigenvalue weighted by molar-refractivity contribution is -0.126. The van der Waals surface area contributed by atoms with Crippen molar-refractivity contribution in [2.75, 3.05) is 10.8 Å². The summed E-state index contributed by atoms with van der Waals surface area (Å²) in [5, 5.41) is 2.96. The van der Waals surface area contributed by atoms with Gasteiger partial charge in [-0.25, -0.2) is 0 Å². The second kappa shape index (κ2) is 9.89. The van der Waals surface area contributed by atoms with Crippen molar-refractivity contribution in [1.29, 1.82) is 0 Å². The molecule has 0 radical (unpaired) electrons. The Bertz CT molecular complexity index is 944. The fraction of sp³-hybridized carbons (Fsp3) is 0.167. The molecule has 0 saturated carbocycles. The van der Waals surface area contributed by atoms with E-state index < -0.39 is 6.04 Å². The zero-order valence-corrected chi connectivity index (χ0v) is 17.0. The van der Waals surface area contributed by atoms with Crippen LogP contribution in [0, 0.1) is 6.92 Å². The van der Waals surface area contributed by atoms with Gasteiger partial charge in [0.1, 0.15) is 11.9 Å². The summed E-state index contributed by atoms with van der Waals surface area (Å²) in [5.74, 6) is -0.818. The first kappa shape index (κ1) is 20.6. The van der Waals surface area contributed by atoms with Crippen molar-refractivity contribution >= 4 is 29.1 Å². The van der Waals surface area contributed by atoms with Crippen LogP contribution in [0.4, 0.5) is 5.69 Å². The van der Waals surface area contributed by atoms with Crippen LogP contribution < -0.4 is 10.2 Å². The third kappa shape index (κ3) is 5.24. The van der Waals surface area contributed by atoms with Crippen molar-refractivity contribution in [2.45, 2.75) is 19.5 Å². The van der Waals surface area contributed by atoms with Crippen molar-refractivity contribution < 1.29 is 9.59 Å².